The molecule has 1 aromatic rings. The predicted octanol–water partition coefficient (Wildman–Crippen LogP) is 1.13. The van der Waals surface area contributed by atoms with Gasteiger partial charge in [-0.3, -0.25) is 0 Å². The molecular weight excluding hydrogens is 288 g/mol. The summed E-state index contributed by atoms with van der Waals surface area (Å²) >= 11 is 0. The first-order chi connectivity index (χ1) is 9.95. The van der Waals surface area contributed by atoms with E-state index in [1.807, 2.05) is 14.0 Å². The number of piperidine rings is 1. The van der Waals surface area contributed by atoms with Crippen molar-refractivity contribution >= 4 is 10.0 Å². The van der Waals surface area contributed by atoms with Gasteiger partial charge < -0.3 is 9.88 Å². The molecule has 1 fully saturated rings. The summed E-state index contributed by atoms with van der Waals surface area (Å²) in [7, 11) is -1.62. The molecule has 0 radical (unpaired) electrons. The molecule has 120 valence electrons. The fraction of sp³-hybridized carbons (Fsp3) is 0.786. The molecule has 0 saturated carbocycles. The Labute approximate surface area is 127 Å². The summed E-state index contributed by atoms with van der Waals surface area (Å²) in [5.41, 5.74) is 0. The van der Waals surface area contributed by atoms with E-state index in [9.17, 15) is 8.42 Å². The fourth-order valence-electron chi connectivity index (χ4n) is 2.62. The van der Waals surface area contributed by atoms with Crippen LogP contribution in [0.2, 0.25) is 0 Å². The second-order valence-corrected chi connectivity index (χ2v) is 7.67. The first-order valence-corrected chi connectivity index (χ1v) is 9.10. The number of imidazole rings is 1. The molecule has 0 amide bonds. The normalized spacial score (nSPS) is 18.2. The first-order valence-electron chi connectivity index (χ1n) is 7.66. The van der Waals surface area contributed by atoms with Crippen LogP contribution in [0.5, 0.6) is 0 Å². The Morgan fingerprint density at radius 1 is 1.38 bits per heavy atom. The minimum absolute atomic E-state index is 0.171. The largest absolute Gasteiger partial charge is 0.337 e. The number of aromatic nitrogens is 2. The molecule has 0 spiro atoms. The van der Waals surface area contributed by atoms with Crippen LogP contribution in [0.3, 0.4) is 0 Å². The van der Waals surface area contributed by atoms with Crippen molar-refractivity contribution in [1.82, 2.24) is 19.2 Å². The molecule has 7 heteroatoms. The third-order valence-electron chi connectivity index (χ3n) is 4.12. The van der Waals surface area contributed by atoms with Gasteiger partial charge in [0.2, 0.25) is 0 Å². The van der Waals surface area contributed by atoms with Gasteiger partial charge in [-0.2, -0.15) is 4.31 Å². The number of nitrogens with one attached hydrogen (secondary N) is 1. The van der Waals surface area contributed by atoms with Gasteiger partial charge in [-0.1, -0.05) is 6.92 Å². The number of nitrogens with zero attached hydrogens (tertiary/aromatic N) is 3. The van der Waals surface area contributed by atoms with Crippen molar-refractivity contribution < 1.29 is 8.42 Å². The summed E-state index contributed by atoms with van der Waals surface area (Å²) < 4.78 is 28.4. The van der Waals surface area contributed by atoms with Crippen LogP contribution in [0.4, 0.5) is 0 Å². The van der Waals surface area contributed by atoms with Gasteiger partial charge >= 0.3 is 0 Å². The van der Waals surface area contributed by atoms with Crippen LogP contribution < -0.4 is 5.32 Å². The lowest BCUT2D eigenvalue weighted by Gasteiger charge is -2.30. The van der Waals surface area contributed by atoms with Gasteiger partial charge in [0.15, 0.2) is 5.03 Å². The highest BCUT2D eigenvalue weighted by Gasteiger charge is 2.31. The third-order valence-corrected chi connectivity index (χ3v) is 5.89. The summed E-state index contributed by atoms with van der Waals surface area (Å²) in [5, 5.41) is 3.59. The molecule has 0 bridgehead atoms. The van der Waals surface area contributed by atoms with Crippen LogP contribution in [-0.2, 0) is 17.1 Å². The van der Waals surface area contributed by atoms with Crippen LogP contribution in [0.15, 0.2) is 11.2 Å². The topological polar surface area (TPSA) is 67.2 Å². The smallest absolute Gasteiger partial charge is 0.262 e. The Morgan fingerprint density at radius 2 is 2.05 bits per heavy atom. The standard InChI is InChI=1S/C14H26N4O2S/c1-4-7-15-10-13-5-8-18(9-6-13)21(19,20)14-11-17(3)12(2)16-14/h11,13,15H,4-10H2,1-3H3. The van der Waals surface area contributed by atoms with E-state index in [0.717, 1.165) is 32.4 Å². The molecular formula is C14H26N4O2S. The molecule has 21 heavy (non-hydrogen) atoms. The highest BCUT2D eigenvalue weighted by molar-refractivity contribution is 7.89. The van der Waals surface area contributed by atoms with E-state index in [4.69, 9.17) is 0 Å². The van der Waals surface area contributed by atoms with E-state index in [2.05, 4.69) is 17.2 Å². The van der Waals surface area contributed by atoms with E-state index in [1.54, 1.807) is 15.1 Å². The van der Waals surface area contributed by atoms with Gasteiger partial charge in [0.05, 0.1) is 0 Å². The molecule has 0 aromatic carbocycles. The van der Waals surface area contributed by atoms with E-state index in [-0.39, 0.29) is 5.03 Å². The maximum absolute atomic E-state index is 12.6. The molecule has 6 nitrogen and oxygen atoms in total. The van der Waals surface area contributed by atoms with Crippen molar-refractivity contribution in [3.8, 4) is 0 Å². The highest BCUT2D eigenvalue weighted by atomic mass is 32.2. The minimum atomic E-state index is -3.43. The molecule has 0 aliphatic carbocycles. The molecule has 1 aliphatic rings. The van der Waals surface area contributed by atoms with Crippen molar-refractivity contribution in [2.24, 2.45) is 13.0 Å². The lowest BCUT2D eigenvalue weighted by atomic mass is 9.98. The Kier molecular flexibility index (Phi) is 5.40. The zero-order valence-electron chi connectivity index (χ0n) is 13.2. The quantitative estimate of drug-likeness (QED) is 0.799. The van der Waals surface area contributed by atoms with E-state index >= 15 is 0 Å². The van der Waals surface area contributed by atoms with Gasteiger partial charge in [-0.05, 0) is 45.2 Å². The number of sulfonamides is 1. The second kappa shape index (κ2) is 6.89. The SMILES string of the molecule is CCCNCC1CCN(S(=O)(=O)c2cn(C)c(C)n2)CC1. The second-order valence-electron chi connectivity index (χ2n) is 5.79. The van der Waals surface area contributed by atoms with Gasteiger partial charge in [-0.15, -0.1) is 0 Å². The summed E-state index contributed by atoms with van der Waals surface area (Å²) in [6.07, 6.45) is 4.56. The van der Waals surface area contributed by atoms with Crippen molar-refractivity contribution in [2.45, 2.75) is 38.1 Å². The molecule has 1 aromatic heterocycles. The lowest BCUT2D eigenvalue weighted by molar-refractivity contribution is 0.267. The lowest BCUT2D eigenvalue weighted by Crippen LogP contribution is -2.40. The average molecular weight is 314 g/mol. The molecule has 0 unspecified atom stereocenters. The van der Waals surface area contributed by atoms with Crippen molar-refractivity contribution in [1.29, 1.82) is 0 Å². The van der Waals surface area contributed by atoms with Crippen LogP contribution in [0.1, 0.15) is 32.0 Å². The first kappa shape index (κ1) is 16.5. The van der Waals surface area contributed by atoms with E-state index in [0.29, 0.717) is 24.8 Å². The Morgan fingerprint density at radius 3 is 2.57 bits per heavy atom. The predicted molar refractivity (Wildman–Crippen MR) is 82.6 cm³/mol. The average Bonchev–Trinajstić information content (AvgIpc) is 2.80. The van der Waals surface area contributed by atoms with Crippen molar-refractivity contribution in [2.75, 3.05) is 26.2 Å². The van der Waals surface area contributed by atoms with Crippen LogP contribution in [0.25, 0.3) is 0 Å². The van der Waals surface area contributed by atoms with Gasteiger partial charge in [0.1, 0.15) is 5.82 Å². The maximum Gasteiger partial charge on any atom is 0.262 e. The van der Waals surface area contributed by atoms with Crippen LogP contribution >= 0.6 is 0 Å². The summed E-state index contributed by atoms with van der Waals surface area (Å²) in [5.74, 6) is 1.29. The number of hydrogen-bond donors (Lipinski definition) is 1. The summed E-state index contributed by atoms with van der Waals surface area (Å²) in [4.78, 5) is 4.16. The zero-order chi connectivity index (χ0) is 15.5. The molecule has 2 heterocycles. The minimum Gasteiger partial charge on any atom is -0.337 e. The Balaban J connectivity index is 1.95. The molecule has 1 N–H and O–H groups in total. The Hall–Kier alpha value is -0.920. The summed E-state index contributed by atoms with van der Waals surface area (Å²) in [6, 6.07) is 0. The number of rotatable bonds is 6. The fourth-order valence-corrected chi connectivity index (χ4v) is 4.11. The zero-order valence-corrected chi connectivity index (χ0v) is 14.0. The molecule has 0 atom stereocenters. The van der Waals surface area contributed by atoms with Crippen LogP contribution in [0, 0.1) is 12.8 Å². The summed E-state index contributed by atoms with van der Waals surface area (Å²) in [6.45, 7) is 7.17. The highest BCUT2D eigenvalue weighted by Crippen LogP contribution is 2.23. The van der Waals surface area contributed by atoms with E-state index < -0.39 is 10.0 Å². The van der Waals surface area contributed by atoms with Gasteiger partial charge in [0, 0.05) is 26.3 Å². The monoisotopic (exact) mass is 314 g/mol. The molecule has 1 saturated heterocycles. The van der Waals surface area contributed by atoms with Gasteiger partial charge in [0.25, 0.3) is 10.0 Å². The molecule has 2 rings (SSSR count). The third kappa shape index (κ3) is 3.84. The maximum atomic E-state index is 12.6. The van der Waals surface area contributed by atoms with Gasteiger partial charge in [-0.25, -0.2) is 13.4 Å². The number of hydrogen-bond acceptors (Lipinski definition) is 4. The molecule has 1 aliphatic heterocycles. The van der Waals surface area contributed by atoms with Crippen molar-refractivity contribution in [3.63, 3.8) is 0 Å². The Bertz CT molecular complexity index is 540. The van der Waals surface area contributed by atoms with Crippen LogP contribution in [-0.4, -0.2) is 48.5 Å². The van der Waals surface area contributed by atoms with E-state index in [1.165, 1.54) is 0 Å². The van der Waals surface area contributed by atoms with Crippen molar-refractivity contribution in [3.05, 3.63) is 12.0 Å². The number of aryl methyl sites for hydroxylation is 2.